The third kappa shape index (κ3) is 7.33. The van der Waals surface area contributed by atoms with Gasteiger partial charge < -0.3 is 20.7 Å². The number of ether oxygens (including phenoxy) is 1. The van der Waals surface area contributed by atoms with Crippen LogP contribution < -0.4 is 16.0 Å². The second-order valence-electron chi connectivity index (χ2n) is 6.01. The molecule has 0 aromatic heterocycles. The number of carbonyl (C=O) groups is 1. The summed E-state index contributed by atoms with van der Waals surface area (Å²) in [5.74, 6) is 0.582. The average molecular weight is 284 g/mol. The number of guanidine groups is 1. The van der Waals surface area contributed by atoms with Crippen molar-refractivity contribution in [3.63, 3.8) is 0 Å². The maximum absolute atomic E-state index is 11.7. The fourth-order valence-electron chi connectivity index (χ4n) is 1.97. The van der Waals surface area contributed by atoms with Crippen LogP contribution >= 0.6 is 0 Å². The van der Waals surface area contributed by atoms with Crippen LogP contribution in [0.2, 0.25) is 0 Å². The zero-order valence-corrected chi connectivity index (χ0v) is 13.1. The lowest BCUT2D eigenvalue weighted by Gasteiger charge is -2.20. The molecule has 1 rings (SSSR count). The Balaban J connectivity index is 2.38. The second kappa shape index (κ2) is 8.09. The quantitative estimate of drug-likeness (QED) is 0.511. The molecule has 1 aliphatic rings. The summed E-state index contributed by atoms with van der Waals surface area (Å²) in [5, 5.41) is 9.23. The molecule has 0 aromatic carbocycles. The molecule has 1 aliphatic heterocycles. The van der Waals surface area contributed by atoms with Crippen LogP contribution in [0.1, 0.15) is 40.5 Å². The third-order valence-electron chi connectivity index (χ3n) is 2.76. The predicted molar refractivity (Wildman–Crippen MR) is 80.9 cm³/mol. The maximum atomic E-state index is 11.7. The van der Waals surface area contributed by atoms with Crippen LogP contribution in [-0.2, 0) is 9.53 Å². The summed E-state index contributed by atoms with van der Waals surface area (Å²) in [6.45, 7) is 10.3. The normalized spacial score (nSPS) is 19.8. The minimum Gasteiger partial charge on any atom is -0.376 e. The standard InChI is InChI=1S/C14H28N4O2/c1-5-15-13(16-9-11-7-6-8-20-11)17-10-12(19)18-14(2,3)4/h11H,5-10H2,1-4H3,(H,18,19)(H2,15,16,17). The number of nitrogens with one attached hydrogen (secondary N) is 3. The maximum Gasteiger partial charge on any atom is 0.242 e. The molecule has 0 bridgehead atoms. The molecular formula is C14H28N4O2. The summed E-state index contributed by atoms with van der Waals surface area (Å²) in [6, 6.07) is 0. The van der Waals surface area contributed by atoms with Crippen molar-refractivity contribution in [1.29, 1.82) is 0 Å². The molecule has 1 unspecified atom stereocenters. The van der Waals surface area contributed by atoms with E-state index in [0.29, 0.717) is 5.96 Å². The Morgan fingerprint density at radius 1 is 1.35 bits per heavy atom. The highest BCUT2D eigenvalue weighted by molar-refractivity contribution is 5.85. The number of hydrogen-bond acceptors (Lipinski definition) is 3. The van der Waals surface area contributed by atoms with Gasteiger partial charge in [0.15, 0.2) is 5.96 Å². The van der Waals surface area contributed by atoms with Crippen molar-refractivity contribution >= 4 is 11.9 Å². The molecule has 1 heterocycles. The molecule has 6 nitrogen and oxygen atoms in total. The molecule has 1 fully saturated rings. The molecule has 20 heavy (non-hydrogen) atoms. The number of aliphatic imine (C=N–C) groups is 1. The summed E-state index contributed by atoms with van der Waals surface area (Å²) in [4.78, 5) is 16.0. The van der Waals surface area contributed by atoms with E-state index in [1.54, 1.807) is 0 Å². The molecule has 0 aliphatic carbocycles. The fraction of sp³-hybridized carbons (Fsp3) is 0.857. The zero-order valence-electron chi connectivity index (χ0n) is 13.1. The van der Waals surface area contributed by atoms with Gasteiger partial charge in [-0.05, 0) is 40.5 Å². The van der Waals surface area contributed by atoms with E-state index in [1.165, 1.54) is 0 Å². The fourth-order valence-corrected chi connectivity index (χ4v) is 1.97. The Morgan fingerprint density at radius 2 is 2.10 bits per heavy atom. The minimum atomic E-state index is -0.226. The second-order valence-corrected chi connectivity index (χ2v) is 6.01. The number of amides is 1. The largest absolute Gasteiger partial charge is 0.376 e. The van der Waals surface area contributed by atoms with E-state index in [2.05, 4.69) is 20.9 Å². The van der Waals surface area contributed by atoms with Gasteiger partial charge in [-0.25, -0.2) is 4.99 Å². The van der Waals surface area contributed by atoms with Crippen molar-refractivity contribution < 1.29 is 9.53 Å². The molecule has 0 radical (unpaired) electrons. The average Bonchev–Trinajstić information content (AvgIpc) is 2.83. The van der Waals surface area contributed by atoms with E-state index >= 15 is 0 Å². The molecule has 1 saturated heterocycles. The van der Waals surface area contributed by atoms with Gasteiger partial charge in [0.2, 0.25) is 5.91 Å². The van der Waals surface area contributed by atoms with Gasteiger partial charge in [-0.15, -0.1) is 0 Å². The highest BCUT2D eigenvalue weighted by Crippen LogP contribution is 2.10. The van der Waals surface area contributed by atoms with Gasteiger partial charge in [-0.2, -0.15) is 0 Å². The van der Waals surface area contributed by atoms with E-state index in [1.807, 2.05) is 27.7 Å². The molecular weight excluding hydrogens is 256 g/mol. The molecule has 0 spiro atoms. The Kier molecular flexibility index (Phi) is 6.78. The van der Waals surface area contributed by atoms with Crippen molar-refractivity contribution in [2.45, 2.75) is 52.2 Å². The summed E-state index contributed by atoms with van der Waals surface area (Å²) < 4.78 is 5.55. The van der Waals surface area contributed by atoms with Crippen LogP contribution in [-0.4, -0.2) is 49.8 Å². The smallest absolute Gasteiger partial charge is 0.242 e. The molecule has 116 valence electrons. The number of carbonyl (C=O) groups excluding carboxylic acids is 1. The monoisotopic (exact) mass is 284 g/mol. The number of nitrogens with zero attached hydrogens (tertiary/aromatic N) is 1. The van der Waals surface area contributed by atoms with Gasteiger partial charge in [-0.3, -0.25) is 4.79 Å². The first-order valence-corrected chi connectivity index (χ1v) is 7.35. The zero-order chi connectivity index (χ0) is 15.0. The first-order valence-electron chi connectivity index (χ1n) is 7.35. The molecule has 3 N–H and O–H groups in total. The van der Waals surface area contributed by atoms with E-state index in [-0.39, 0.29) is 24.1 Å². The van der Waals surface area contributed by atoms with Gasteiger partial charge in [0.25, 0.3) is 0 Å². The van der Waals surface area contributed by atoms with Gasteiger partial charge >= 0.3 is 0 Å². The topological polar surface area (TPSA) is 74.8 Å². The van der Waals surface area contributed by atoms with Crippen LogP contribution in [0.3, 0.4) is 0 Å². The molecule has 6 heteroatoms. The molecule has 0 saturated carbocycles. The predicted octanol–water partition coefficient (Wildman–Crippen LogP) is 0.635. The lowest BCUT2D eigenvalue weighted by molar-refractivity contribution is -0.121. The van der Waals surface area contributed by atoms with Gasteiger partial charge in [0.1, 0.15) is 6.54 Å². The van der Waals surface area contributed by atoms with Crippen LogP contribution in [0.4, 0.5) is 0 Å². The molecule has 1 amide bonds. The van der Waals surface area contributed by atoms with E-state index < -0.39 is 0 Å². The van der Waals surface area contributed by atoms with Crippen LogP contribution in [0.15, 0.2) is 4.99 Å². The van der Waals surface area contributed by atoms with Crippen molar-refractivity contribution in [3.8, 4) is 0 Å². The van der Waals surface area contributed by atoms with Crippen LogP contribution in [0, 0.1) is 0 Å². The van der Waals surface area contributed by atoms with Crippen LogP contribution in [0.25, 0.3) is 0 Å². The first-order chi connectivity index (χ1) is 9.40. The van der Waals surface area contributed by atoms with Gasteiger partial charge in [0.05, 0.1) is 6.10 Å². The summed E-state index contributed by atoms with van der Waals surface area (Å²) >= 11 is 0. The lowest BCUT2D eigenvalue weighted by atomic mass is 10.1. The summed E-state index contributed by atoms with van der Waals surface area (Å²) in [5.41, 5.74) is -0.226. The number of hydrogen-bond donors (Lipinski definition) is 3. The summed E-state index contributed by atoms with van der Waals surface area (Å²) in [6.07, 6.45) is 2.45. The van der Waals surface area contributed by atoms with Gasteiger partial charge in [-0.1, -0.05) is 0 Å². The lowest BCUT2D eigenvalue weighted by Crippen LogP contribution is -2.44. The Morgan fingerprint density at radius 3 is 2.65 bits per heavy atom. The van der Waals surface area contributed by atoms with Crippen molar-refractivity contribution in [2.75, 3.05) is 26.2 Å². The van der Waals surface area contributed by atoms with E-state index in [4.69, 9.17) is 4.74 Å². The highest BCUT2D eigenvalue weighted by atomic mass is 16.5. The Hall–Kier alpha value is -1.30. The summed E-state index contributed by atoms with van der Waals surface area (Å²) in [7, 11) is 0. The van der Waals surface area contributed by atoms with Crippen LogP contribution in [0.5, 0.6) is 0 Å². The molecule has 1 atom stereocenters. The third-order valence-corrected chi connectivity index (χ3v) is 2.76. The van der Waals surface area contributed by atoms with Gasteiger partial charge in [0, 0.05) is 25.2 Å². The first kappa shape index (κ1) is 16.8. The Bertz CT molecular complexity index is 331. The highest BCUT2D eigenvalue weighted by Gasteiger charge is 2.16. The SMILES string of the molecule is CCNC(=NCC(=O)NC(C)(C)C)NCC1CCCO1. The minimum absolute atomic E-state index is 0.0770. The van der Waals surface area contributed by atoms with E-state index in [9.17, 15) is 4.79 Å². The van der Waals surface area contributed by atoms with Crippen molar-refractivity contribution in [2.24, 2.45) is 4.99 Å². The van der Waals surface area contributed by atoms with E-state index in [0.717, 1.165) is 32.5 Å². The van der Waals surface area contributed by atoms with Crippen molar-refractivity contribution in [3.05, 3.63) is 0 Å². The Labute approximate surface area is 121 Å². The number of rotatable bonds is 5. The van der Waals surface area contributed by atoms with Crippen molar-refractivity contribution in [1.82, 2.24) is 16.0 Å². The molecule has 0 aromatic rings.